The van der Waals surface area contributed by atoms with Gasteiger partial charge in [0, 0.05) is 18.2 Å². The number of alkyl halides is 1. The quantitative estimate of drug-likeness (QED) is 0.466. The molecule has 0 bridgehead atoms. The molecule has 2 amide bonds. The lowest BCUT2D eigenvalue weighted by atomic mass is 10.0. The van der Waals surface area contributed by atoms with Crippen LogP contribution in [0.25, 0.3) is 0 Å². The standard InChI is InChI=1S/C25H28ClFN2O4/c26-14-23(30)29(15-17-11-12-21-22(13-17)33-16-32-21)24(19-9-5-6-10-20(19)27)25(31)28-18-7-3-1-2-4-8-18/h5-6,9-13,18,24H,1-4,7-8,14-16H2,(H,28,31)/t24-/m0/s1. The van der Waals surface area contributed by atoms with Gasteiger partial charge < -0.3 is 19.7 Å². The number of halogens is 2. The van der Waals surface area contributed by atoms with Gasteiger partial charge in [-0.3, -0.25) is 9.59 Å². The van der Waals surface area contributed by atoms with Crippen LogP contribution in [-0.2, 0) is 16.1 Å². The first kappa shape index (κ1) is 23.4. The van der Waals surface area contributed by atoms with E-state index in [1.54, 1.807) is 36.4 Å². The zero-order chi connectivity index (χ0) is 23.2. The maximum absolute atomic E-state index is 14.9. The largest absolute Gasteiger partial charge is 0.454 e. The Labute approximate surface area is 198 Å². The number of amides is 2. The van der Waals surface area contributed by atoms with E-state index in [-0.39, 0.29) is 30.8 Å². The van der Waals surface area contributed by atoms with Crippen LogP contribution < -0.4 is 14.8 Å². The Kier molecular flexibility index (Phi) is 7.70. The smallest absolute Gasteiger partial charge is 0.247 e. The van der Waals surface area contributed by atoms with Gasteiger partial charge in [-0.05, 0) is 36.6 Å². The zero-order valence-electron chi connectivity index (χ0n) is 18.4. The Hall–Kier alpha value is -2.80. The van der Waals surface area contributed by atoms with Gasteiger partial charge >= 0.3 is 0 Å². The van der Waals surface area contributed by atoms with Crippen molar-refractivity contribution < 1.29 is 23.5 Å². The van der Waals surface area contributed by atoms with Crippen LogP contribution in [0.4, 0.5) is 4.39 Å². The molecule has 1 saturated carbocycles. The second-order valence-corrected chi connectivity index (χ2v) is 8.73. The molecule has 0 spiro atoms. The molecule has 176 valence electrons. The van der Waals surface area contributed by atoms with Gasteiger partial charge in [0.1, 0.15) is 17.7 Å². The van der Waals surface area contributed by atoms with Gasteiger partial charge in [-0.15, -0.1) is 11.6 Å². The summed E-state index contributed by atoms with van der Waals surface area (Å²) in [5.74, 6) is -0.546. The highest BCUT2D eigenvalue weighted by Crippen LogP contribution is 2.34. The first-order valence-electron chi connectivity index (χ1n) is 11.4. The lowest BCUT2D eigenvalue weighted by Crippen LogP contribution is -2.47. The molecule has 0 unspecified atom stereocenters. The molecule has 2 aliphatic rings. The van der Waals surface area contributed by atoms with Crippen LogP contribution in [0.3, 0.4) is 0 Å². The molecular weight excluding hydrogens is 447 g/mol. The van der Waals surface area contributed by atoms with E-state index < -0.39 is 23.7 Å². The van der Waals surface area contributed by atoms with Gasteiger partial charge in [-0.1, -0.05) is 49.9 Å². The van der Waals surface area contributed by atoms with Crippen molar-refractivity contribution in [2.24, 2.45) is 0 Å². The SMILES string of the molecule is O=C(NC1CCCCCC1)[C@H](c1ccccc1F)N(Cc1ccc2c(c1)OCO2)C(=O)CCl. The molecule has 0 aromatic heterocycles. The van der Waals surface area contributed by atoms with Crippen LogP contribution in [0, 0.1) is 5.82 Å². The summed E-state index contributed by atoms with van der Waals surface area (Å²) in [5.41, 5.74) is 0.865. The minimum absolute atomic E-state index is 0.00719. The molecule has 0 saturated heterocycles. The molecular formula is C25H28ClFN2O4. The average Bonchev–Trinajstić information content (AvgIpc) is 3.14. The molecule has 0 radical (unpaired) electrons. The van der Waals surface area contributed by atoms with E-state index in [9.17, 15) is 14.0 Å². The van der Waals surface area contributed by atoms with Crippen molar-refractivity contribution in [1.82, 2.24) is 10.2 Å². The molecule has 1 N–H and O–H groups in total. The average molecular weight is 475 g/mol. The number of rotatable bonds is 7. The fraction of sp³-hybridized carbons (Fsp3) is 0.440. The van der Waals surface area contributed by atoms with Gasteiger partial charge in [0.25, 0.3) is 0 Å². The third kappa shape index (κ3) is 5.58. The molecule has 1 fully saturated rings. The number of carbonyl (C=O) groups excluding carboxylic acids is 2. The molecule has 1 atom stereocenters. The second-order valence-electron chi connectivity index (χ2n) is 8.46. The molecule has 33 heavy (non-hydrogen) atoms. The van der Waals surface area contributed by atoms with E-state index in [0.717, 1.165) is 44.1 Å². The van der Waals surface area contributed by atoms with Gasteiger partial charge in [0.05, 0.1) is 0 Å². The van der Waals surface area contributed by atoms with Crippen LogP contribution >= 0.6 is 11.6 Å². The third-order valence-corrected chi connectivity index (χ3v) is 6.41. The minimum Gasteiger partial charge on any atom is -0.454 e. The van der Waals surface area contributed by atoms with Gasteiger partial charge in [0.15, 0.2) is 11.5 Å². The normalized spacial score (nSPS) is 16.7. The Morgan fingerprint density at radius 1 is 1.06 bits per heavy atom. The predicted molar refractivity (Wildman–Crippen MR) is 123 cm³/mol. The van der Waals surface area contributed by atoms with Gasteiger partial charge in [-0.2, -0.15) is 0 Å². The lowest BCUT2D eigenvalue weighted by Gasteiger charge is -2.32. The van der Waals surface area contributed by atoms with Crippen molar-refractivity contribution in [2.45, 2.75) is 57.2 Å². The molecule has 1 heterocycles. The Morgan fingerprint density at radius 3 is 2.52 bits per heavy atom. The van der Waals surface area contributed by atoms with Gasteiger partial charge in [-0.25, -0.2) is 4.39 Å². The number of carbonyl (C=O) groups is 2. The van der Waals surface area contributed by atoms with E-state index >= 15 is 0 Å². The Bertz CT molecular complexity index is 994. The summed E-state index contributed by atoms with van der Waals surface area (Å²) in [4.78, 5) is 27.9. The highest BCUT2D eigenvalue weighted by Gasteiger charge is 2.34. The molecule has 2 aromatic rings. The second kappa shape index (κ2) is 10.9. The zero-order valence-corrected chi connectivity index (χ0v) is 19.2. The summed E-state index contributed by atoms with van der Waals surface area (Å²) >= 11 is 5.93. The number of nitrogens with one attached hydrogen (secondary N) is 1. The maximum atomic E-state index is 14.9. The van der Waals surface area contributed by atoms with Crippen molar-refractivity contribution in [2.75, 3.05) is 12.7 Å². The number of fused-ring (bicyclic) bond motifs is 1. The lowest BCUT2D eigenvalue weighted by molar-refractivity contribution is -0.140. The van der Waals surface area contributed by atoms with E-state index in [4.69, 9.17) is 21.1 Å². The number of ether oxygens (including phenoxy) is 2. The molecule has 6 nitrogen and oxygen atoms in total. The van der Waals surface area contributed by atoms with Crippen LogP contribution in [0.2, 0.25) is 0 Å². The fourth-order valence-corrected chi connectivity index (χ4v) is 4.64. The Balaban J connectivity index is 1.66. The van der Waals surface area contributed by atoms with Crippen LogP contribution in [0.15, 0.2) is 42.5 Å². The number of hydrogen-bond acceptors (Lipinski definition) is 4. The third-order valence-electron chi connectivity index (χ3n) is 6.19. The summed E-state index contributed by atoms with van der Waals surface area (Å²) in [6, 6.07) is 10.2. The van der Waals surface area contributed by atoms with Crippen molar-refractivity contribution >= 4 is 23.4 Å². The highest BCUT2D eigenvalue weighted by atomic mass is 35.5. The predicted octanol–water partition coefficient (Wildman–Crippen LogP) is 4.70. The van der Waals surface area contributed by atoms with E-state index in [2.05, 4.69) is 5.32 Å². The molecule has 1 aliphatic heterocycles. The first-order valence-corrected chi connectivity index (χ1v) is 11.9. The Morgan fingerprint density at radius 2 is 1.79 bits per heavy atom. The van der Waals surface area contributed by atoms with E-state index in [1.807, 2.05) is 0 Å². The van der Waals surface area contributed by atoms with E-state index in [1.165, 1.54) is 11.0 Å². The van der Waals surface area contributed by atoms with Crippen molar-refractivity contribution in [3.05, 3.63) is 59.4 Å². The molecule has 2 aromatic carbocycles. The summed E-state index contributed by atoms with van der Waals surface area (Å²) in [7, 11) is 0. The summed E-state index contributed by atoms with van der Waals surface area (Å²) in [5, 5.41) is 3.08. The molecule has 4 rings (SSSR count). The van der Waals surface area contributed by atoms with E-state index in [0.29, 0.717) is 11.5 Å². The minimum atomic E-state index is -1.15. The van der Waals surface area contributed by atoms with Gasteiger partial charge in [0.2, 0.25) is 18.6 Å². The monoisotopic (exact) mass is 474 g/mol. The number of benzene rings is 2. The summed E-state index contributed by atoms with van der Waals surface area (Å²) < 4.78 is 25.7. The maximum Gasteiger partial charge on any atom is 0.247 e. The fourth-order valence-electron chi connectivity index (χ4n) is 4.49. The summed E-state index contributed by atoms with van der Waals surface area (Å²) in [6.45, 7) is 0.198. The topological polar surface area (TPSA) is 67.9 Å². The van der Waals surface area contributed by atoms with Crippen LogP contribution in [0.1, 0.15) is 55.7 Å². The van der Waals surface area contributed by atoms with Crippen LogP contribution in [-0.4, -0.2) is 35.4 Å². The summed E-state index contributed by atoms with van der Waals surface area (Å²) in [6.07, 6.45) is 6.12. The number of nitrogens with zero attached hydrogens (tertiary/aromatic N) is 1. The van der Waals surface area contributed by atoms with Crippen molar-refractivity contribution in [3.63, 3.8) is 0 Å². The van der Waals surface area contributed by atoms with Crippen molar-refractivity contribution in [3.8, 4) is 11.5 Å². The molecule has 1 aliphatic carbocycles. The first-order chi connectivity index (χ1) is 16.1. The van der Waals surface area contributed by atoms with Crippen molar-refractivity contribution in [1.29, 1.82) is 0 Å². The molecule has 8 heteroatoms. The number of hydrogen-bond donors (Lipinski definition) is 1. The highest BCUT2D eigenvalue weighted by molar-refractivity contribution is 6.27. The van der Waals surface area contributed by atoms with Crippen LogP contribution in [0.5, 0.6) is 11.5 Å².